The van der Waals surface area contributed by atoms with Gasteiger partial charge in [-0.25, -0.2) is 4.39 Å². The van der Waals surface area contributed by atoms with Gasteiger partial charge in [-0.05, 0) is 44.5 Å². The van der Waals surface area contributed by atoms with Crippen molar-refractivity contribution in [1.29, 1.82) is 0 Å². The van der Waals surface area contributed by atoms with Crippen LogP contribution in [0.25, 0.3) is 10.9 Å². The van der Waals surface area contributed by atoms with Gasteiger partial charge in [0.05, 0.1) is 16.8 Å². The van der Waals surface area contributed by atoms with Crippen LogP contribution >= 0.6 is 0 Å². The molecule has 25 heavy (non-hydrogen) atoms. The molecule has 0 bridgehead atoms. The summed E-state index contributed by atoms with van der Waals surface area (Å²) in [6.07, 6.45) is 2.55. The number of carbonyl (C=O) groups is 1. The van der Waals surface area contributed by atoms with Gasteiger partial charge in [-0.15, -0.1) is 0 Å². The summed E-state index contributed by atoms with van der Waals surface area (Å²) in [4.78, 5) is 26.1. The number of nitrogens with zero attached hydrogens (tertiary/aromatic N) is 2. The van der Waals surface area contributed by atoms with Crippen molar-refractivity contribution >= 4 is 22.4 Å². The predicted octanol–water partition coefficient (Wildman–Crippen LogP) is 2.32. The van der Waals surface area contributed by atoms with Crippen molar-refractivity contribution in [3.63, 3.8) is 0 Å². The summed E-state index contributed by atoms with van der Waals surface area (Å²) in [5.41, 5.74) is 0.852. The first-order valence-electron chi connectivity index (χ1n) is 8.71. The molecule has 3 rings (SSSR count). The first-order chi connectivity index (χ1) is 11.9. The van der Waals surface area contributed by atoms with Crippen LogP contribution in [-0.4, -0.2) is 36.5 Å². The maximum atomic E-state index is 14.7. The van der Waals surface area contributed by atoms with Crippen LogP contribution in [0.15, 0.2) is 23.1 Å². The highest BCUT2D eigenvalue weighted by molar-refractivity contribution is 5.97. The molecule has 2 aromatic rings. The number of pyridine rings is 1. The van der Waals surface area contributed by atoms with Crippen molar-refractivity contribution in [3.05, 3.63) is 39.9 Å². The van der Waals surface area contributed by atoms with Crippen LogP contribution in [-0.2, 0) is 7.05 Å². The Morgan fingerprint density at radius 2 is 2.16 bits per heavy atom. The van der Waals surface area contributed by atoms with Crippen molar-refractivity contribution in [1.82, 2.24) is 9.88 Å². The Morgan fingerprint density at radius 1 is 1.40 bits per heavy atom. The minimum absolute atomic E-state index is 0.0917. The van der Waals surface area contributed by atoms with Crippen LogP contribution in [0.1, 0.15) is 30.6 Å². The average Bonchev–Trinajstić information content (AvgIpc) is 3.04. The molecule has 5 nitrogen and oxygen atoms in total. The number of ketones is 1. The lowest BCUT2D eigenvalue weighted by Crippen LogP contribution is -2.27. The number of nitrogens with one attached hydrogen (secondary N) is 1. The Labute approximate surface area is 146 Å². The van der Waals surface area contributed by atoms with Crippen LogP contribution in [0, 0.1) is 11.7 Å². The second-order valence-corrected chi connectivity index (χ2v) is 6.77. The number of aryl methyl sites for hydroxylation is 1. The monoisotopic (exact) mass is 345 g/mol. The van der Waals surface area contributed by atoms with E-state index in [-0.39, 0.29) is 16.7 Å². The summed E-state index contributed by atoms with van der Waals surface area (Å²) < 4.78 is 16.4. The zero-order valence-corrected chi connectivity index (χ0v) is 14.9. The van der Waals surface area contributed by atoms with Crippen LogP contribution in [0.2, 0.25) is 0 Å². The van der Waals surface area contributed by atoms with Crippen molar-refractivity contribution < 1.29 is 9.18 Å². The molecule has 1 fully saturated rings. The number of fused-ring (bicyclic) bond motifs is 1. The number of benzene rings is 1. The molecule has 1 aliphatic rings. The minimum Gasteiger partial charge on any atom is -0.369 e. The van der Waals surface area contributed by atoms with Crippen LogP contribution in [0.5, 0.6) is 0 Å². The molecule has 6 heteroatoms. The fraction of sp³-hybridized carbons (Fsp3) is 0.474. The summed E-state index contributed by atoms with van der Waals surface area (Å²) in [6, 6.07) is 3.00. The molecule has 1 saturated heterocycles. The van der Waals surface area contributed by atoms with E-state index in [1.807, 2.05) is 4.90 Å². The van der Waals surface area contributed by atoms with Gasteiger partial charge >= 0.3 is 0 Å². The maximum Gasteiger partial charge on any atom is 0.200 e. The highest BCUT2D eigenvalue weighted by Crippen LogP contribution is 2.29. The Hall–Kier alpha value is -2.21. The number of halogens is 1. The van der Waals surface area contributed by atoms with Crippen molar-refractivity contribution in [2.45, 2.75) is 20.3 Å². The Bertz CT molecular complexity index is 875. The van der Waals surface area contributed by atoms with E-state index in [2.05, 4.69) is 12.2 Å². The highest BCUT2D eigenvalue weighted by Gasteiger charge is 2.25. The predicted molar refractivity (Wildman–Crippen MR) is 98.0 cm³/mol. The van der Waals surface area contributed by atoms with Gasteiger partial charge in [0.2, 0.25) is 0 Å². The number of rotatable bonds is 5. The number of hydrogen-bond donors (Lipinski definition) is 1. The van der Waals surface area contributed by atoms with E-state index in [0.29, 0.717) is 17.1 Å². The molecule has 0 unspecified atom stereocenters. The third kappa shape index (κ3) is 3.31. The van der Waals surface area contributed by atoms with E-state index in [0.717, 1.165) is 32.6 Å². The lowest BCUT2D eigenvalue weighted by atomic mass is 10.1. The van der Waals surface area contributed by atoms with Gasteiger partial charge in [0.25, 0.3) is 0 Å². The van der Waals surface area contributed by atoms with Crippen molar-refractivity contribution in [3.8, 4) is 0 Å². The van der Waals surface area contributed by atoms with Gasteiger partial charge in [-0.2, -0.15) is 0 Å². The Kier molecular flexibility index (Phi) is 4.90. The second-order valence-electron chi connectivity index (χ2n) is 6.77. The van der Waals surface area contributed by atoms with E-state index >= 15 is 0 Å². The number of anilines is 1. The largest absolute Gasteiger partial charge is 0.369 e. The van der Waals surface area contributed by atoms with Gasteiger partial charge < -0.3 is 14.8 Å². The van der Waals surface area contributed by atoms with E-state index in [1.165, 1.54) is 19.2 Å². The molecule has 0 saturated carbocycles. The van der Waals surface area contributed by atoms with Gasteiger partial charge in [0.15, 0.2) is 11.2 Å². The molecular weight excluding hydrogens is 321 g/mol. The standard InChI is InChI=1S/C19H24FN3O2/c1-4-21-9-13-5-6-23(10-13)18-8-17-14(7-16(18)20)19(25)15(12(2)24)11-22(17)3/h7-8,11,13,21H,4-6,9-10H2,1-3H3/t13-/m0/s1. The molecule has 0 spiro atoms. The molecule has 1 aromatic carbocycles. The number of hydrogen-bond acceptors (Lipinski definition) is 4. The first-order valence-corrected chi connectivity index (χ1v) is 8.71. The molecule has 0 radical (unpaired) electrons. The molecule has 1 aromatic heterocycles. The smallest absolute Gasteiger partial charge is 0.200 e. The molecular formula is C19H24FN3O2. The van der Waals surface area contributed by atoms with E-state index < -0.39 is 11.2 Å². The van der Waals surface area contributed by atoms with Crippen LogP contribution in [0.4, 0.5) is 10.1 Å². The van der Waals surface area contributed by atoms with Crippen molar-refractivity contribution in [2.75, 3.05) is 31.1 Å². The fourth-order valence-corrected chi connectivity index (χ4v) is 3.55. The highest BCUT2D eigenvalue weighted by atomic mass is 19.1. The first kappa shape index (κ1) is 17.6. The maximum absolute atomic E-state index is 14.7. The number of Topliss-reactive ketones (excluding diaryl/α,β-unsaturated/α-hetero) is 1. The van der Waals surface area contributed by atoms with E-state index in [9.17, 15) is 14.0 Å². The lowest BCUT2D eigenvalue weighted by Gasteiger charge is -2.21. The summed E-state index contributed by atoms with van der Waals surface area (Å²) >= 11 is 0. The van der Waals surface area contributed by atoms with Gasteiger partial charge in [-0.3, -0.25) is 9.59 Å². The topological polar surface area (TPSA) is 54.3 Å². The molecule has 1 atom stereocenters. The lowest BCUT2D eigenvalue weighted by molar-refractivity contribution is 0.101. The summed E-state index contributed by atoms with van der Waals surface area (Å²) in [7, 11) is 1.77. The molecule has 1 N–H and O–H groups in total. The third-order valence-corrected chi connectivity index (χ3v) is 4.95. The molecule has 0 amide bonds. The van der Waals surface area contributed by atoms with Gasteiger partial charge in [-0.1, -0.05) is 6.92 Å². The van der Waals surface area contributed by atoms with Crippen LogP contribution in [0.3, 0.4) is 0 Å². The quantitative estimate of drug-likeness (QED) is 0.845. The normalized spacial score (nSPS) is 17.4. The SMILES string of the molecule is CCNC[C@@H]1CCN(c2cc3c(cc2F)c(=O)c(C(C)=O)cn3C)C1. The number of carbonyl (C=O) groups excluding carboxylic acids is 1. The summed E-state index contributed by atoms with van der Waals surface area (Å²) in [5.74, 6) is -0.217. The van der Waals surface area contributed by atoms with E-state index in [1.54, 1.807) is 17.7 Å². The molecule has 134 valence electrons. The Balaban J connectivity index is 2.00. The fourth-order valence-electron chi connectivity index (χ4n) is 3.55. The molecule has 0 aliphatic carbocycles. The Morgan fingerprint density at radius 3 is 2.84 bits per heavy atom. The third-order valence-electron chi connectivity index (χ3n) is 4.95. The molecule has 2 heterocycles. The summed E-state index contributed by atoms with van der Waals surface area (Å²) in [6.45, 7) is 6.89. The molecule has 1 aliphatic heterocycles. The van der Waals surface area contributed by atoms with E-state index in [4.69, 9.17) is 0 Å². The second kappa shape index (κ2) is 6.96. The minimum atomic E-state index is -0.408. The van der Waals surface area contributed by atoms with Gasteiger partial charge in [0.1, 0.15) is 5.82 Å². The summed E-state index contributed by atoms with van der Waals surface area (Å²) in [5, 5.41) is 3.59. The number of aromatic nitrogens is 1. The zero-order chi connectivity index (χ0) is 18.1. The average molecular weight is 345 g/mol. The van der Waals surface area contributed by atoms with Crippen molar-refractivity contribution in [2.24, 2.45) is 13.0 Å². The van der Waals surface area contributed by atoms with Gasteiger partial charge in [0, 0.05) is 31.7 Å². The van der Waals surface area contributed by atoms with Crippen LogP contribution < -0.4 is 15.6 Å². The zero-order valence-electron chi connectivity index (χ0n) is 14.9.